The first-order chi connectivity index (χ1) is 15.9. The number of rotatable bonds is 7. The molecule has 2 N–H and O–H groups in total. The van der Waals surface area contributed by atoms with Gasteiger partial charge in [-0.1, -0.05) is 6.07 Å². The molecule has 1 aliphatic rings. The SMILES string of the molecule is CCOC(=O)C[C@H](NC(=O)OC(C)(C)C)c1cc(-c2c(C)cc(C3CC3)cc2O)cc(C)c1F. The van der Waals surface area contributed by atoms with Crippen LogP contribution in [0.25, 0.3) is 11.1 Å². The first-order valence-electron chi connectivity index (χ1n) is 11.7. The van der Waals surface area contributed by atoms with Crippen LogP contribution < -0.4 is 5.32 Å². The maximum Gasteiger partial charge on any atom is 0.408 e. The van der Waals surface area contributed by atoms with Gasteiger partial charge in [-0.05, 0) is 101 Å². The van der Waals surface area contributed by atoms with E-state index < -0.39 is 29.5 Å². The van der Waals surface area contributed by atoms with Crippen LogP contribution in [0.15, 0.2) is 24.3 Å². The van der Waals surface area contributed by atoms with E-state index in [1.165, 1.54) is 0 Å². The predicted molar refractivity (Wildman–Crippen MR) is 128 cm³/mol. The Morgan fingerprint density at radius 3 is 2.38 bits per heavy atom. The lowest BCUT2D eigenvalue weighted by atomic mass is 9.91. The van der Waals surface area contributed by atoms with Crippen molar-refractivity contribution in [1.29, 1.82) is 0 Å². The van der Waals surface area contributed by atoms with Crippen LogP contribution in [0.3, 0.4) is 0 Å². The Balaban J connectivity index is 2.04. The fourth-order valence-electron chi connectivity index (χ4n) is 4.09. The van der Waals surface area contributed by atoms with Gasteiger partial charge in [0.25, 0.3) is 0 Å². The number of carbonyl (C=O) groups is 2. The van der Waals surface area contributed by atoms with Gasteiger partial charge < -0.3 is 19.9 Å². The maximum atomic E-state index is 15.3. The van der Waals surface area contributed by atoms with Crippen molar-refractivity contribution in [3.63, 3.8) is 0 Å². The topological polar surface area (TPSA) is 84.9 Å². The summed E-state index contributed by atoms with van der Waals surface area (Å²) in [6.07, 6.45) is 1.20. The van der Waals surface area contributed by atoms with Crippen LogP contribution in [0.5, 0.6) is 5.75 Å². The fraction of sp³-hybridized carbons (Fsp3) is 0.481. The summed E-state index contributed by atoms with van der Waals surface area (Å²) in [5, 5.41) is 13.4. The van der Waals surface area contributed by atoms with E-state index in [2.05, 4.69) is 11.4 Å². The number of benzene rings is 2. The molecule has 7 heteroatoms. The van der Waals surface area contributed by atoms with Crippen molar-refractivity contribution in [2.24, 2.45) is 0 Å². The third-order valence-corrected chi connectivity index (χ3v) is 5.70. The van der Waals surface area contributed by atoms with Gasteiger partial charge in [0.2, 0.25) is 0 Å². The number of phenols is 1. The Morgan fingerprint density at radius 1 is 1.15 bits per heavy atom. The van der Waals surface area contributed by atoms with Gasteiger partial charge in [-0.2, -0.15) is 0 Å². The average molecular weight is 472 g/mol. The lowest BCUT2D eigenvalue weighted by Gasteiger charge is -2.25. The number of nitrogens with one attached hydrogen (secondary N) is 1. The van der Waals surface area contributed by atoms with E-state index in [4.69, 9.17) is 9.47 Å². The number of phenolic OH excluding ortho intramolecular Hbond substituents is 1. The molecular weight excluding hydrogens is 437 g/mol. The Kier molecular flexibility index (Phi) is 7.54. The van der Waals surface area contributed by atoms with Crippen LogP contribution in [0.2, 0.25) is 0 Å². The lowest BCUT2D eigenvalue weighted by Crippen LogP contribution is -2.36. The molecule has 0 saturated heterocycles. The molecule has 0 heterocycles. The van der Waals surface area contributed by atoms with Gasteiger partial charge in [-0.15, -0.1) is 0 Å². The third kappa shape index (κ3) is 6.27. The Hall–Kier alpha value is -3.09. The van der Waals surface area contributed by atoms with Gasteiger partial charge in [0.1, 0.15) is 17.2 Å². The van der Waals surface area contributed by atoms with Gasteiger partial charge >= 0.3 is 12.1 Å². The van der Waals surface area contributed by atoms with Crippen molar-refractivity contribution < 1.29 is 28.6 Å². The lowest BCUT2D eigenvalue weighted by molar-refractivity contribution is -0.143. The van der Waals surface area contributed by atoms with Crippen LogP contribution in [0.1, 0.15) is 81.2 Å². The molecule has 0 spiro atoms. The molecule has 0 unspecified atom stereocenters. The number of amides is 1. The minimum absolute atomic E-state index is 0.124. The molecular formula is C27H34FNO5. The molecule has 3 rings (SSSR count). The summed E-state index contributed by atoms with van der Waals surface area (Å²) in [5.74, 6) is -0.503. The van der Waals surface area contributed by atoms with E-state index in [1.54, 1.807) is 52.8 Å². The zero-order chi connectivity index (χ0) is 25.2. The zero-order valence-corrected chi connectivity index (χ0v) is 20.8. The first kappa shape index (κ1) is 25.5. The van der Waals surface area contributed by atoms with Crippen LogP contribution in [0, 0.1) is 19.7 Å². The Labute approximate surface area is 200 Å². The number of hydrogen-bond acceptors (Lipinski definition) is 5. The third-order valence-electron chi connectivity index (χ3n) is 5.70. The number of carbonyl (C=O) groups excluding carboxylic acids is 2. The normalized spacial score (nSPS) is 14.4. The molecule has 184 valence electrons. The monoisotopic (exact) mass is 471 g/mol. The van der Waals surface area contributed by atoms with E-state index in [0.717, 1.165) is 24.0 Å². The summed E-state index contributed by atoms with van der Waals surface area (Å²) in [6.45, 7) is 10.5. The largest absolute Gasteiger partial charge is 0.507 e. The predicted octanol–water partition coefficient (Wildman–Crippen LogP) is 6.21. The molecule has 0 bridgehead atoms. The summed E-state index contributed by atoms with van der Waals surface area (Å²) in [5.41, 5.74) is 2.87. The molecule has 0 radical (unpaired) electrons. The highest BCUT2D eigenvalue weighted by Crippen LogP contribution is 2.44. The summed E-state index contributed by atoms with van der Waals surface area (Å²) >= 11 is 0. The van der Waals surface area contributed by atoms with Gasteiger partial charge in [-0.3, -0.25) is 4.79 Å². The molecule has 1 saturated carbocycles. The van der Waals surface area contributed by atoms with Crippen molar-refractivity contribution in [3.8, 4) is 16.9 Å². The van der Waals surface area contributed by atoms with E-state index in [-0.39, 0.29) is 24.3 Å². The zero-order valence-electron chi connectivity index (χ0n) is 20.8. The molecule has 1 amide bonds. The summed E-state index contributed by atoms with van der Waals surface area (Å²) < 4.78 is 25.7. The van der Waals surface area contributed by atoms with Gasteiger partial charge in [0.05, 0.1) is 19.1 Å². The molecule has 2 aromatic carbocycles. The molecule has 0 aromatic heterocycles. The Morgan fingerprint density at radius 2 is 1.82 bits per heavy atom. The molecule has 0 aliphatic heterocycles. The second-order valence-corrected chi connectivity index (χ2v) is 9.91. The number of hydrogen-bond donors (Lipinski definition) is 2. The number of esters is 1. The van der Waals surface area contributed by atoms with Crippen LogP contribution >= 0.6 is 0 Å². The van der Waals surface area contributed by atoms with E-state index >= 15 is 4.39 Å². The van der Waals surface area contributed by atoms with Gasteiger partial charge in [-0.25, -0.2) is 9.18 Å². The maximum absolute atomic E-state index is 15.3. The van der Waals surface area contributed by atoms with E-state index in [0.29, 0.717) is 22.6 Å². The fourth-order valence-corrected chi connectivity index (χ4v) is 4.09. The summed E-state index contributed by atoms with van der Waals surface area (Å²) in [4.78, 5) is 24.8. The minimum atomic E-state index is -1.01. The molecule has 1 atom stereocenters. The molecule has 1 aliphatic carbocycles. The second kappa shape index (κ2) is 10.0. The molecule has 1 fully saturated rings. The summed E-state index contributed by atoms with van der Waals surface area (Å²) in [7, 11) is 0. The van der Waals surface area contributed by atoms with Gasteiger partial charge in [0, 0.05) is 11.1 Å². The van der Waals surface area contributed by atoms with E-state index in [9.17, 15) is 14.7 Å². The smallest absolute Gasteiger partial charge is 0.408 e. The van der Waals surface area contributed by atoms with Gasteiger partial charge in [0.15, 0.2) is 0 Å². The first-order valence-corrected chi connectivity index (χ1v) is 11.7. The number of halogens is 1. The number of aromatic hydroxyl groups is 1. The van der Waals surface area contributed by atoms with Crippen LogP contribution in [0.4, 0.5) is 9.18 Å². The highest BCUT2D eigenvalue weighted by molar-refractivity contribution is 5.77. The van der Waals surface area contributed by atoms with Crippen LogP contribution in [-0.4, -0.2) is 29.4 Å². The molecule has 2 aromatic rings. The average Bonchev–Trinajstić information content (AvgIpc) is 3.53. The van der Waals surface area contributed by atoms with Crippen molar-refractivity contribution in [1.82, 2.24) is 5.32 Å². The Bertz CT molecular complexity index is 1060. The standard InChI is InChI=1S/C27H34FNO5/c1-7-33-23(31)14-21(29-26(32)34-27(4,5)6)20-12-19(11-16(3)25(20)28)24-15(2)10-18(13-22(24)30)17-8-9-17/h10-13,17,21,30H,7-9,14H2,1-6H3,(H,29,32)/t21-/m0/s1. The summed E-state index contributed by atoms with van der Waals surface area (Å²) in [6, 6.07) is 6.04. The molecule has 34 heavy (non-hydrogen) atoms. The number of aryl methyl sites for hydroxylation is 2. The van der Waals surface area contributed by atoms with E-state index in [1.807, 2.05) is 6.92 Å². The molecule has 6 nitrogen and oxygen atoms in total. The van der Waals surface area contributed by atoms with Crippen molar-refractivity contribution >= 4 is 12.1 Å². The second-order valence-electron chi connectivity index (χ2n) is 9.91. The number of ether oxygens (including phenoxy) is 2. The number of alkyl carbamates (subject to hydrolysis) is 1. The highest BCUT2D eigenvalue weighted by atomic mass is 19.1. The van der Waals surface area contributed by atoms with Crippen molar-refractivity contribution in [2.45, 2.75) is 78.4 Å². The highest BCUT2D eigenvalue weighted by Gasteiger charge is 2.28. The van der Waals surface area contributed by atoms with Crippen LogP contribution in [-0.2, 0) is 14.3 Å². The van der Waals surface area contributed by atoms with Crippen molar-refractivity contribution in [2.75, 3.05) is 6.61 Å². The quantitative estimate of drug-likeness (QED) is 0.469. The minimum Gasteiger partial charge on any atom is -0.507 e. The van der Waals surface area contributed by atoms with Crippen molar-refractivity contribution in [3.05, 3.63) is 52.3 Å².